The van der Waals surface area contributed by atoms with Crippen LogP contribution in [0.5, 0.6) is 0 Å². The summed E-state index contributed by atoms with van der Waals surface area (Å²) in [6, 6.07) is 0.637. The van der Waals surface area contributed by atoms with E-state index in [0.717, 1.165) is 28.9 Å². The van der Waals surface area contributed by atoms with E-state index < -0.39 is 0 Å². The van der Waals surface area contributed by atoms with E-state index in [4.69, 9.17) is 0 Å². The fourth-order valence-corrected chi connectivity index (χ4v) is 4.10. The molecule has 0 aliphatic heterocycles. The zero-order chi connectivity index (χ0) is 12.8. The van der Waals surface area contributed by atoms with Gasteiger partial charge in [0.25, 0.3) is 5.56 Å². The van der Waals surface area contributed by atoms with Crippen molar-refractivity contribution in [3.8, 4) is 0 Å². The summed E-state index contributed by atoms with van der Waals surface area (Å²) in [5.74, 6) is 0.781. The molecule has 4 rings (SSSR count). The van der Waals surface area contributed by atoms with Crippen LogP contribution >= 0.6 is 11.3 Å². The van der Waals surface area contributed by atoms with Gasteiger partial charge in [0, 0.05) is 10.9 Å². The van der Waals surface area contributed by atoms with Gasteiger partial charge in [0.05, 0.1) is 11.9 Å². The minimum atomic E-state index is 0.0528. The molecule has 2 aromatic rings. The van der Waals surface area contributed by atoms with Gasteiger partial charge >= 0.3 is 0 Å². The summed E-state index contributed by atoms with van der Waals surface area (Å²) in [7, 11) is 0. The lowest BCUT2D eigenvalue weighted by atomic mass is 9.97. The van der Waals surface area contributed by atoms with Gasteiger partial charge in [-0.15, -0.1) is 11.3 Å². The minimum absolute atomic E-state index is 0.0528. The highest BCUT2D eigenvalue weighted by molar-refractivity contribution is 7.18. The highest BCUT2D eigenvalue weighted by Crippen LogP contribution is 2.33. The number of thiophene rings is 1. The maximum absolute atomic E-state index is 12.3. The largest absolute Gasteiger partial charge is 0.309 e. The summed E-state index contributed by atoms with van der Waals surface area (Å²) in [6.45, 7) is 0.679. The van der Waals surface area contributed by atoms with Gasteiger partial charge in [0.15, 0.2) is 0 Å². The zero-order valence-corrected chi connectivity index (χ0v) is 11.6. The van der Waals surface area contributed by atoms with E-state index in [0.29, 0.717) is 12.6 Å². The number of nitrogens with zero attached hydrogens (tertiary/aromatic N) is 1. The van der Waals surface area contributed by atoms with E-state index in [9.17, 15) is 4.79 Å². The van der Waals surface area contributed by atoms with Crippen LogP contribution in [0, 0.1) is 0 Å². The van der Waals surface area contributed by atoms with Crippen molar-refractivity contribution < 1.29 is 0 Å². The monoisotopic (exact) mass is 275 g/mol. The topological polar surface area (TPSA) is 57.8 Å². The second kappa shape index (κ2) is 4.42. The Balaban J connectivity index is 1.76. The summed E-state index contributed by atoms with van der Waals surface area (Å²) in [5, 5.41) is 4.25. The highest BCUT2D eigenvalue weighted by Gasteiger charge is 2.22. The van der Waals surface area contributed by atoms with Crippen LogP contribution in [0.3, 0.4) is 0 Å². The zero-order valence-electron chi connectivity index (χ0n) is 10.8. The Morgan fingerprint density at radius 2 is 2.16 bits per heavy atom. The van der Waals surface area contributed by atoms with Gasteiger partial charge < -0.3 is 10.3 Å². The number of aryl methyl sites for hydroxylation is 2. The third kappa shape index (κ3) is 2.11. The molecule has 0 radical (unpaired) electrons. The number of aromatic nitrogens is 2. The van der Waals surface area contributed by atoms with Gasteiger partial charge in [-0.25, -0.2) is 4.98 Å². The van der Waals surface area contributed by atoms with Crippen LogP contribution in [0.25, 0.3) is 10.2 Å². The molecule has 1 fully saturated rings. The van der Waals surface area contributed by atoms with Crippen molar-refractivity contribution in [1.29, 1.82) is 0 Å². The number of aromatic amines is 1. The molecular formula is C14H17N3OS. The molecule has 0 bridgehead atoms. The van der Waals surface area contributed by atoms with Crippen molar-refractivity contribution >= 4 is 21.6 Å². The van der Waals surface area contributed by atoms with E-state index >= 15 is 0 Å². The van der Waals surface area contributed by atoms with Gasteiger partial charge in [-0.2, -0.15) is 0 Å². The molecule has 1 saturated carbocycles. The molecule has 0 spiro atoms. The number of H-pyrrole nitrogens is 1. The summed E-state index contributed by atoms with van der Waals surface area (Å²) in [4.78, 5) is 22.2. The Kier molecular flexibility index (Phi) is 2.70. The smallest absolute Gasteiger partial charge is 0.259 e. The van der Waals surface area contributed by atoms with E-state index in [2.05, 4.69) is 15.3 Å². The molecule has 0 amide bonds. The summed E-state index contributed by atoms with van der Waals surface area (Å²) in [5.41, 5.74) is 1.32. The Morgan fingerprint density at radius 3 is 3.00 bits per heavy atom. The lowest BCUT2D eigenvalue weighted by Gasteiger charge is -2.09. The van der Waals surface area contributed by atoms with Gasteiger partial charge in [0.1, 0.15) is 10.7 Å². The maximum atomic E-state index is 12.3. The summed E-state index contributed by atoms with van der Waals surface area (Å²) < 4.78 is 0. The van der Waals surface area contributed by atoms with Crippen molar-refractivity contribution in [3.05, 3.63) is 26.6 Å². The fourth-order valence-electron chi connectivity index (χ4n) is 2.82. The lowest BCUT2D eigenvalue weighted by molar-refractivity contribution is 0.658. The van der Waals surface area contributed by atoms with Crippen molar-refractivity contribution in [2.45, 2.75) is 51.1 Å². The lowest BCUT2D eigenvalue weighted by Crippen LogP contribution is -2.21. The van der Waals surface area contributed by atoms with Gasteiger partial charge in [-0.3, -0.25) is 4.79 Å². The first-order valence-corrected chi connectivity index (χ1v) is 7.90. The van der Waals surface area contributed by atoms with Crippen molar-refractivity contribution in [2.75, 3.05) is 0 Å². The molecule has 0 atom stereocenters. The summed E-state index contributed by atoms with van der Waals surface area (Å²) >= 11 is 1.72. The van der Waals surface area contributed by atoms with Gasteiger partial charge in [0.2, 0.25) is 0 Å². The molecule has 2 N–H and O–H groups in total. The Bertz CT molecular complexity index is 684. The molecule has 2 aromatic heterocycles. The minimum Gasteiger partial charge on any atom is -0.309 e. The Labute approximate surface area is 115 Å². The van der Waals surface area contributed by atoms with E-state index in [-0.39, 0.29) is 5.56 Å². The molecule has 19 heavy (non-hydrogen) atoms. The molecule has 100 valence electrons. The van der Waals surface area contributed by atoms with Crippen LogP contribution < -0.4 is 10.9 Å². The average Bonchev–Trinajstić information content (AvgIpc) is 3.15. The molecule has 0 saturated heterocycles. The molecule has 5 heteroatoms. The fraction of sp³-hybridized carbons (Fsp3) is 0.571. The number of hydrogen-bond donors (Lipinski definition) is 2. The molecule has 4 nitrogen and oxygen atoms in total. The predicted octanol–water partition coefficient (Wildman–Crippen LogP) is 2.12. The number of nitrogens with one attached hydrogen (secondary N) is 2. The molecule has 0 aromatic carbocycles. The third-order valence-electron chi connectivity index (χ3n) is 4.01. The second-order valence-corrected chi connectivity index (χ2v) is 6.64. The third-order valence-corrected chi connectivity index (χ3v) is 5.20. The van der Waals surface area contributed by atoms with Crippen LogP contribution in [-0.4, -0.2) is 16.0 Å². The second-order valence-electron chi connectivity index (χ2n) is 5.56. The maximum Gasteiger partial charge on any atom is 0.259 e. The molecule has 2 aliphatic carbocycles. The highest BCUT2D eigenvalue weighted by atomic mass is 32.1. The van der Waals surface area contributed by atoms with E-state index in [1.807, 2.05) is 0 Å². The van der Waals surface area contributed by atoms with Crippen LogP contribution in [0.2, 0.25) is 0 Å². The Morgan fingerprint density at radius 1 is 1.32 bits per heavy atom. The van der Waals surface area contributed by atoms with Crippen LogP contribution in [-0.2, 0) is 19.4 Å². The molecule has 0 unspecified atom stereocenters. The average molecular weight is 275 g/mol. The quantitative estimate of drug-likeness (QED) is 0.902. The standard InChI is InChI=1S/C14H17N3OS/c18-13-12-9-3-1-2-4-10(9)19-14(12)17-11(16-13)7-15-8-5-6-8/h8,15H,1-7H2,(H,16,17,18). The normalized spacial score (nSPS) is 18.7. The van der Waals surface area contributed by atoms with Crippen LogP contribution in [0.1, 0.15) is 41.9 Å². The first-order chi connectivity index (χ1) is 9.31. The van der Waals surface area contributed by atoms with Crippen LogP contribution in [0.4, 0.5) is 0 Å². The molecular weight excluding hydrogens is 258 g/mol. The Hall–Kier alpha value is -1.20. The van der Waals surface area contributed by atoms with Crippen molar-refractivity contribution in [3.63, 3.8) is 0 Å². The summed E-state index contributed by atoms with van der Waals surface area (Å²) in [6.07, 6.45) is 7.10. The van der Waals surface area contributed by atoms with Gasteiger partial charge in [-0.1, -0.05) is 0 Å². The molecule has 2 heterocycles. The SMILES string of the molecule is O=c1[nH]c(CNC2CC2)nc2sc3c(c12)CCCC3. The van der Waals surface area contributed by atoms with Gasteiger partial charge in [-0.05, 0) is 44.1 Å². The number of hydrogen-bond acceptors (Lipinski definition) is 4. The van der Waals surface area contributed by atoms with E-state index in [1.165, 1.54) is 36.1 Å². The number of fused-ring (bicyclic) bond motifs is 3. The first kappa shape index (κ1) is 11.6. The van der Waals surface area contributed by atoms with Crippen molar-refractivity contribution in [2.24, 2.45) is 0 Å². The number of rotatable bonds is 3. The van der Waals surface area contributed by atoms with E-state index in [1.54, 1.807) is 11.3 Å². The predicted molar refractivity (Wildman–Crippen MR) is 76.7 cm³/mol. The van der Waals surface area contributed by atoms with Crippen LogP contribution in [0.15, 0.2) is 4.79 Å². The first-order valence-electron chi connectivity index (χ1n) is 7.08. The van der Waals surface area contributed by atoms with Crippen molar-refractivity contribution in [1.82, 2.24) is 15.3 Å². The molecule has 2 aliphatic rings.